The molecule has 0 nitrogen and oxygen atoms in total. The van der Waals surface area contributed by atoms with Crippen molar-refractivity contribution in [3.8, 4) is 0 Å². The summed E-state index contributed by atoms with van der Waals surface area (Å²) in [6, 6.07) is 13.2. The van der Waals surface area contributed by atoms with Crippen molar-refractivity contribution in [2.24, 2.45) is 0 Å². The Balaban J connectivity index is 2.22. The molecule has 0 atom stereocenters. The fourth-order valence-corrected chi connectivity index (χ4v) is 2.75. The van der Waals surface area contributed by atoms with E-state index in [4.69, 9.17) is 0 Å². The molecule has 2 aromatic carbocycles. The Kier molecular flexibility index (Phi) is 1.70. The van der Waals surface area contributed by atoms with Gasteiger partial charge in [-0.1, -0.05) is 42.5 Å². The van der Waals surface area contributed by atoms with Gasteiger partial charge in [0, 0.05) is 0 Å². The number of hydrogen-bond acceptors (Lipinski definition) is 0. The van der Waals surface area contributed by atoms with Gasteiger partial charge in [-0.25, -0.2) is 0 Å². The van der Waals surface area contributed by atoms with Crippen LogP contribution in [0.4, 0.5) is 0 Å². The quantitative estimate of drug-likeness (QED) is 0.635. The van der Waals surface area contributed by atoms with E-state index in [0.29, 0.717) is 0 Å². The number of benzene rings is 2. The minimum absolute atomic E-state index is 1.06. The molecule has 0 aromatic heterocycles. The van der Waals surface area contributed by atoms with Crippen LogP contribution < -0.4 is 10.4 Å². The van der Waals surface area contributed by atoms with Crippen molar-refractivity contribution in [2.45, 2.75) is 6.42 Å². The van der Waals surface area contributed by atoms with Crippen molar-refractivity contribution in [2.75, 3.05) is 0 Å². The summed E-state index contributed by atoms with van der Waals surface area (Å²) in [5.74, 6) is 0. The van der Waals surface area contributed by atoms with Crippen molar-refractivity contribution < 1.29 is 0 Å². The monoisotopic (exact) mass is 216 g/mol. The molecule has 0 amide bonds. The second-order valence-electron chi connectivity index (χ2n) is 4.64. The molecule has 0 aliphatic heterocycles. The standard InChI is InChI=1S/C17H12/c1-2-6-13-11-17-15(9-12(13)5-1)10-14-7-3-4-8-16(14)17/h1-2,4-11H,3H2. The van der Waals surface area contributed by atoms with Gasteiger partial charge in [-0.3, -0.25) is 0 Å². The fourth-order valence-electron chi connectivity index (χ4n) is 2.75. The Bertz CT molecular complexity index is 802. The zero-order valence-electron chi connectivity index (χ0n) is 9.48. The Labute approximate surface area is 99.9 Å². The third kappa shape index (κ3) is 1.24. The Morgan fingerprint density at radius 3 is 2.65 bits per heavy atom. The van der Waals surface area contributed by atoms with Crippen LogP contribution in [0.25, 0.3) is 22.4 Å². The first kappa shape index (κ1) is 9.00. The molecule has 4 rings (SSSR count). The summed E-state index contributed by atoms with van der Waals surface area (Å²) in [5, 5.41) is 5.39. The molecule has 0 fully saturated rings. The first-order valence-electron chi connectivity index (χ1n) is 6.04. The highest BCUT2D eigenvalue weighted by atomic mass is 14.1. The van der Waals surface area contributed by atoms with Crippen molar-refractivity contribution in [3.63, 3.8) is 0 Å². The molecule has 0 heterocycles. The lowest BCUT2D eigenvalue weighted by atomic mass is 10.0. The molecule has 2 aliphatic carbocycles. The normalized spacial score (nSPS) is 16.5. The number of allylic oxidation sites excluding steroid dienone is 4. The molecular weight excluding hydrogens is 204 g/mol. The van der Waals surface area contributed by atoms with Crippen molar-refractivity contribution in [1.82, 2.24) is 0 Å². The van der Waals surface area contributed by atoms with Crippen LogP contribution in [0, 0.1) is 0 Å². The van der Waals surface area contributed by atoms with E-state index in [9.17, 15) is 0 Å². The van der Waals surface area contributed by atoms with Gasteiger partial charge >= 0.3 is 0 Å². The first-order chi connectivity index (χ1) is 8.42. The average molecular weight is 216 g/mol. The average Bonchev–Trinajstić information content (AvgIpc) is 2.73. The van der Waals surface area contributed by atoms with Crippen LogP contribution in [-0.4, -0.2) is 0 Å². The van der Waals surface area contributed by atoms with Crippen molar-refractivity contribution >= 4 is 22.4 Å². The molecule has 0 heteroatoms. The third-order valence-electron chi connectivity index (χ3n) is 3.59. The molecule has 2 aliphatic rings. The maximum atomic E-state index is 2.31. The van der Waals surface area contributed by atoms with E-state index in [-0.39, 0.29) is 0 Å². The van der Waals surface area contributed by atoms with Gasteiger partial charge in [0.15, 0.2) is 0 Å². The van der Waals surface area contributed by atoms with E-state index in [0.717, 1.165) is 6.42 Å². The highest BCUT2D eigenvalue weighted by Gasteiger charge is 2.10. The van der Waals surface area contributed by atoms with E-state index in [2.05, 4.69) is 60.7 Å². The smallest absolute Gasteiger partial charge is 0.00990 e. The number of rotatable bonds is 0. The molecule has 0 spiro atoms. The first-order valence-corrected chi connectivity index (χ1v) is 6.04. The molecule has 0 radical (unpaired) electrons. The predicted octanol–water partition coefficient (Wildman–Crippen LogP) is 2.67. The molecule has 0 N–H and O–H groups in total. The Morgan fingerprint density at radius 1 is 0.941 bits per heavy atom. The minimum atomic E-state index is 1.06. The lowest BCUT2D eigenvalue weighted by Gasteiger charge is -2.03. The Morgan fingerprint density at radius 2 is 1.76 bits per heavy atom. The largest absolute Gasteiger partial charge is 0.0801 e. The van der Waals surface area contributed by atoms with Gasteiger partial charge in [-0.05, 0) is 57.0 Å². The minimum Gasteiger partial charge on any atom is -0.0801 e. The summed E-state index contributed by atoms with van der Waals surface area (Å²) in [6.45, 7) is 0. The van der Waals surface area contributed by atoms with Crippen LogP contribution >= 0.6 is 0 Å². The van der Waals surface area contributed by atoms with E-state index in [1.165, 1.54) is 32.4 Å². The van der Waals surface area contributed by atoms with Gasteiger partial charge in [0.25, 0.3) is 0 Å². The fraction of sp³-hybridized carbons (Fsp3) is 0.0588. The third-order valence-corrected chi connectivity index (χ3v) is 3.59. The zero-order valence-corrected chi connectivity index (χ0v) is 9.48. The van der Waals surface area contributed by atoms with Gasteiger partial charge < -0.3 is 0 Å². The molecule has 0 bridgehead atoms. The van der Waals surface area contributed by atoms with Crippen molar-refractivity contribution in [3.05, 3.63) is 70.6 Å². The van der Waals surface area contributed by atoms with Gasteiger partial charge in [-0.15, -0.1) is 0 Å². The highest BCUT2D eigenvalue weighted by molar-refractivity contribution is 5.92. The molecule has 0 saturated carbocycles. The lowest BCUT2D eigenvalue weighted by molar-refractivity contribution is 1.36. The summed E-state index contributed by atoms with van der Waals surface area (Å²) in [5.41, 5.74) is 2.77. The predicted molar refractivity (Wildman–Crippen MR) is 72.9 cm³/mol. The second-order valence-corrected chi connectivity index (χ2v) is 4.64. The van der Waals surface area contributed by atoms with Gasteiger partial charge in [0.2, 0.25) is 0 Å². The van der Waals surface area contributed by atoms with E-state index >= 15 is 0 Å². The molecule has 17 heavy (non-hydrogen) atoms. The van der Waals surface area contributed by atoms with Crippen LogP contribution in [0.15, 0.2) is 60.2 Å². The number of hydrogen-bond donors (Lipinski definition) is 0. The maximum absolute atomic E-state index is 2.31. The molecule has 0 saturated heterocycles. The van der Waals surface area contributed by atoms with Gasteiger partial charge in [0.1, 0.15) is 0 Å². The van der Waals surface area contributed by atoms with E-state index < -0.39 is 0 Å². The summed E-state index contributed by atoms with van der Waals surface area (Å²) in [6.07, 6.45) is 10.2. The molecular formula is C17H12. The van der Waals surface area contributed by atoms with Gasteiger partial charge in [0.05, 0.1) is 0 Å². The topological polar surface area (TPSA) is 0 Å². The van der Waals surface area contributed by atoms with Crippen LogP contribution in [0.2, 0.25) is 0 Å². The summed E-state index contributed by atoms with van der Waals surface area (Å²) in [4.78, 5) is 0. The summed E-state index contributed by atoms with van der Waals surface area (Å²) < 4.78 is 0. The molecule has 80 valence electrons. The summed E-state index contributed by atoms with van der Waals surface area (Å²) in [7, 11) is 0. The highest BCUT2D eigenvalue weighted by Crippen LogP contribution is 2.22. The lowest BCUT2D eigenvalue weighted by Crippen LogP contribution is -2.22. The van der Waals surface area contributed by atoms with Gasteiger partial charge in [-0.2, -0.15) is 0 Å². The Hall–Kier alpha value is -2.08. The van der Waals surface area contributed by atoms with E-state index in [1.54, 1.807) is 0 Å². The number of fused-ring (bicyclic) bond motifs is 3. The SMILES string of the molecule is C1=CC2=c3cc4ccccc4cc3=CC2=CC1. The van der Waals surface area contributed by atoms with Crippen LogP contribution in [-0.2, 0) is 0 Å². The second kappa shape index (κ2) is 3.21. The summed E-state index contributed by atoms with van der Waals surface area (Å²) >= 11 is 0. The zero-order chi connectivity index (χ0) is 11.2. The maximum Gasteiger partial charge on any atom is -0.00990 e. The van der Waals surface area contributed by atoms with Crippen molar-refractivity contribution in [1.29, 1.82) is 0 Å². The molecule has 2 aromatic rings. The van der Waals surface area contributed by atoms with E-state index in [1.807, 2.05) is 0 Å². The van der Waals surface area contributed by atoms with Crippen LogP contribution in [0.5, 0.6) is 0 Å². The molecule has 0 unspecified atom stereocenters. The van der Waals surface area contributed by atoms with Crippen LogP contribution in [0.3, 0.4) is 0 Å². The van der Waals surface area contributed by atoms with Crippen LogP contribution in [0.1, 0.15) is 6.42 Å².